The first-order chi connectivity index (χ1) is 13.3. The molecular weight excluding hydrogens is 468 g/mol. The van der Waals surface area contributed by atoms with E-state index in [2.05, 4.69) is 15.9 Å². The summed E-state index contributed by atoms with van der Waals surface area (Å²) in [7, 11) is 0. The van der Waals surface area contributed by atoms with Crippen molar-refractivity contribution >= 4 is 62.1 Å². The van der Waals surface area contributed by atoms with Gasteiger partial charge in [0.15, 0.2) is 11.6 Å². The quantitative estimate of drug-likeness (QED) is 0.298. The molecule has 0 aromatic carbocycles. The number of Topliss-reactive ketones (excluding diaryl/α,β-unsaturated/α-hetero) is 2. The first-order valence-corrected chi connectivity index (χ1v) is 11.0. The third-order valence-electron chi connectivity index (χ3n) is 3.78. The zero-order valence-electron chi connectivity index (χ0n) is 15.5. The van der Waals surface area contributed by atoms with E-state index >= 15 is 0 Å². The minimum absolute atomic E-state index is 0.0125. The predicted octanol–water partition coefficient (Wildman–Crippen LogP) is 4.30. The molecular formula is C19H19BrO6S2. The first kappa shape index (κ1) is 22.4. The van der Waals surface area contributed by atoms with Crippen molar-refractivity contribution in [3.05, 3.63) is 42.7 Å². The van der Waals surface area contributed by atoms with Gasteiger partial charge >= 0.3 is 11.9 Å². The van der Waals surface area contributed by atoms with E-state index in [1.54, 1.807) is 32.0 Å². The van der Waals surface area contributed by atoms with Crippen LogP contribution in [-0.4, -0.2) is 36.7 Å². The lowest BCUT2D eigenvalue weighted by atomic mass is 9.84. The topological polar surface area (TPSA) is 86.7 Å². The van der Waals surface area contributed by atoms with Gasteiger partial charge in [-0.15, -0.1) is 22.7 Å². The molecule has 0 bridgehead atoms. The molecule has 0 amide bonds. The van der Waals surface area contributed by atoms with Gasteiger partial charge in [0.05, 0.1) is 26.8 Å². The zero-order valence-corrected chi connectivity index (χ0v) is 18.7. The van der Waals surface area contributed by atoms with Crippen molar-refractivity contribution < 1.29 is 28.7 Å². The van der Waals surface area contributed by atoms with Crippen LogP contribution in [0.3, 0.4) is 0 Å². The Morgan fingerprint density at radius 2 is 1.32 bits per heavy atom. The Bertz CT molecular complexity index is 812. The highest BCUT2D eigenvalue weighted by Gasteiger charge is 2.47. The van der Waals surface area contributed by atoms with E-state index in [0.29, 0.717) is 3.79 Å². The normalized spacial score (nSPS) is 12.9. The number of rotatable bonds is 9. The molecule has 0 radical (unpaired) electrons. The van der Waals surface area contributed by atoms with Crippen molar-refractivity contribution in [2.45, 2.75) is 20.8 Å². The molecule has 0 saturated heterocycles. The van der Waals surface area contributed by atoms with Crippen molar-refractivity contribution in [1.29, 1.82) is 0 Å². The average molecular weight is 487 g/mol. The van der Waals surface area contributed by atoms with Crippen molar-refractivity contribution in [1.82, 2.24) is 0 Å². The Labute approximate surface area is 179 Å². The molecule has 0 spiro atoms. The Morgan fingerprint density at radius 1 is 0.857 bits per heavy atom. The Balaban J connectivity index is 2.53. The summed E-state index contributed by atoms with van der Waals surface area (Å²) in [4.78, 5) is 52.9. The van der Waals surface area contributed by atoms with Gasteiger partial charge in [0.25, 0.3) is 0 Å². The van der Waals surface area contributed by atoms with Gasteiger partial charge in [-0.25, -0.2) is 0 Å². The van der Waals surface area contributed by atoms with Crippen LogP contribution in [-0.2, 0) is 19.1 Å². The summed E-state index contributed by atoms with van der Waals surface area (Å²) in [6, 6.07) is 6.50. The van der Waals surface area contributed by atoms with Gasteiger partial charge in [-0.1, -0.05) is 0 Å². The number of hydrogen-bond acceptors (Lipinski definition) is 8. The molecule has 0 N–H and O–H groups in total. The monoisotopic (exact) mass is 486 g/mol. The van der Waals surface area contributed by atoms with Crippen LogP contribution < -0.4 is 0 Å². The molecule has 0 aliphatic heterocycles. The van der Waals surface area contributed by atoms with E-state index in [4.69, 9.17) is 9.47 Å². The Hall–Kier alpha value is -1.84. The number of hydrogen-bond donors (Lipinski definition) is 0. The van der Waals surface area contributed by atoms with Gasteiger partial charge in [-0.2, -0.15) is 0 Å². The summed E-state index contributed by atoms with van der Waals surface area (Å²) in [5, 5.41) is 0. The van der Waals surface area contributed by atoms with Gasteiger partial charge < -0.3 is 9.47 Å². The lowest BCUT2D eigenvalue weighted by Gasteiger charge is -2.21. The van der Waals surface area contributed by atoms with Crippen LogP contribution in [0.5, 0.6) is 0 Å². The van der Waals surface area contributed by atoms with E-state index in [-0.39, 0.29) is 23.0 Å². The van der Waals surface area contributed by atoms with E-state index in [1.807, 2.05) is 6.92 Å². The summed E-state index contributed by atoms with van der Waals surface area (Å²) in [6.07, 6.45) is 0. The summed E-state index contributed by atoms with van der Waals surface area (Å²) >= 11 is 5.57. The van der Waals surface area contributed by atoms with Crippen LogP contribution in [0.15, 0.2) is 28.1 Å². The number of ketones is 2. The fourth-order valence-electron chi connectivity index (χ4n) is 2.57. The molecule has 2 aromatic heterocycles. The molecule has 150 valence electrons. The first-order valence-electron chi connectivity index (χ1n) is 8.53. The Kier molecular flexibility index (Phi) is 8.09. The minimum atomic E-state index is -1.61. The van der Waals surface area contributed by atoms with Crippen LogP contribution in [0.4, 0.5) is 0 Å². The largest absolute Gasteiger partial charge is 0.465 e. The molecule has 2 aromatic rings. The maximum Gasteiger partial charge on any atom is 0.318 e. The summed E-state index contributed by atoms with van der Waals surface area (Å²) in [6.45, 7) is 5.02. The minimum Gasteiger partial charge on any atom is -0.465 e. The number of ether oxygens (including phenoxy) is 2. The standard InChI is InChI=1S/C19H19BrO6S2/c1-4-25-18(23)14(16(21)11-7-6-10(3)27-11)15(19(24)26-5-2)17(22)12-8-9-13(20)28-12/h6-9,14-15H,4-5H2,1-3H3. The van der Waals surface area contributed by atoms with Crippen molar-refractivity contribution in [3.63, 3.8) is 0 Å². The number of carbonyl (C=O) groups is 4. The highest BCUT2D eigenvalue weighted by Crippen LogP contribution is 2.31. The average Bonchev–Trinajstić information content (AvgIpc) is 3.27. The van der Waals surface area contributed by atoms with E-state index < -0.39 is 35.3 Å². The fourth-order valence-corrected chi connectivity index (χ4v) is 4.79. The maximum absolute atomic E-state index is 13.1. The molecule has 0 aliphatic carbocycles. The van der Waals surface area contributed by atoms with Gasteiger partial charge in [-0.05, 0) is 61.0 Å². The van der Waals surface area contributed by atoms with Gasteiger partial charge in [0.2, 0.25) is 0 Å². The zero-order chi connectivity index (χ0) is 20.8. The van der Waals surface area contributed by atoms with E-state index in [1.165, 1.54) is 17.4 Å². The van der Waals surface area contributed by atoms with Crippen LogP contribution in [0.25, 0.3) is 0 Å². The van der Waals surface area contributed by atoms with Crippen LogP contribution in [0.2, 0.25) is 0 Å². The number of aryl methyl sites for hydroxylation is 1. The fraction of sp³-hybridized carbons (Fsp3) is 0.368. The molecule has 2 rings (SSSR count). The van der Waals surface area contributed by atoms with Crippen molar-refractivity contribution in [2.24, 2.45) is 11.8 Å². The number of thiophene rings is 2. The third kappa shape index (κ3) is 5.15. The molecule has 0 saturated carbocycles. The van der Waals surface area contributed by atoms with Gasteiger partial charge in [0.1, 0.15) is 11.8 Å². The molecule has 9 heteroatoms. The summed E-state index contributed by atoms with van der Waals surface area (Å²) in [5.41, 5.74) is 0. The second-order valence-corrected chi connectivity index (χ2v) is 9.45. The highest BCUT2D eigenvalue weighted by atomic mass is 79.9. The lowest BCUT2D eigenvalue weighted by Crippen LogP contribution is -2.42. The number of carbonyl (C=O) groups excluding carboxylic acids is 4. The molecule has 28 heavy (non-hydrogen) atoms. The maximum atomic E-state index is 13.1. The van der Waals surface area contributed by atoms with E-state index in [9.17, 15) is 19.2 Å². The number of halogens is 1. The second kappa shape index (κ2) is 10.1. The molecule has 2 heterocycles. The molecule has 2 unspecified atom stereocenters. The molecule has 0 fully saturated rings. The third-order valence-corrected chi connectivity index (χ3v) is 6.43. The molecule has 0 aliphatic rings. The number of esters is 2. The van der Waals surface area contributed by atoms with Gasteiger partial charge in [-0.3, -0.25) is 19.2 Å². The second-order valence-electron chi connectivity index (χ2n) is 5.70. The van der Waals surface area contributed by atoms with Gasteiger partial charge in [0, 0.05) is 4.88 Å². The summed E-state index contributed by atoms with van der Waals surface area (Å²) in [5.74, 6) is -6.32. The lowest BCUT2D eigenvalue weighted by molar-refractivity contribution is -0.156. The molecule has 6 nitrogen and oxygen atoms in total. The van der Waals surface area contributed by atoms with Crippen molar-refractivity contribution in [3.8, 4) is 0 Å². The highest BCUT2D eigenvalue weighted by molar-refractivity contribution is 9.11. The SMILES string of the molecule is CCOC(=O)C(C(=O)c1ccc(C)s1)C(C(=O)OCC)C(=O)c1ccc(Br)s1. The van der Waals surface area contributed by atoms with Crippen LogP contribution in [0, 0.1) is 18.8 Å². The Morgan fingerprint density at radius 3 is 1.68 bits per heavy atom. The van der Waals surface area contributed by atoms with Crippen LogP contribution >= 0.6 is 38.6 Å². The van der Waals surface area contributed by atoms with Crippen LogP contribution in [0.1, 0.15) is 38.1 Å². The molecule has 2 atom stereocenters. The smallest absolute Gasteiger partial charge is 0.318 e. The summed E-state index contributed by atoms with van der Waals surface area (Å²) < 4.78 is 10.7. The van der Waals surface area contributed by atoms with E-state index in [0.717, 1.165) is 16.2 Å². The predicted molar refractivity (Wildman–Crippen MR) is 110 cm³/mol. The van der Waals surface area contributed by atoms with Crippen molar-refractivity contribution in [2.75, 3.05) is 13.2 Å².